The van der Waals surface area contributed by atoms with Gasteiger partial charge in [-0.1, -0.05) is 0 Å². The van der Waals surface area contributed by atoms with Gasteiger partial charge in [0.05, 0.1) is 15.4 Å². The molecule has 2 rings (SSSR count). The number of hydrogen-bond donors (Lipinski definition) is 1. The minimum atomic E-state index is -0.410. The van der Waals surface area contributed by atoms with Crippen LogP contribution in [-0.4, -0.2) is 4.92 Å². The molecular formula is C12H10Br2N2O2S. The Labute approximate surface area is 131 Å². The summed E-state index contributed by atoms with van der Waals surface area (Å²) in [5, 5.41) is 16.1. The van der Waals surface area contributed by atoms with E-state index < -0.39 is 4.92 Å². The molecule has 0 aliphatic rings. The zero-order valence-electron chi connectivity index (χ0n) is 9.89. The standard InChI is InChI=1S/C12H10Br2N2O2S/c1-7(12-9(13)4-5-19-12)15-8-2-3-11(16(17)18)10(14)6-8/h2-7,15H,1H3. The van der Waals surface area contributed by atoms with Crippen molar-refractivity contribution in [3.8, 4) is 0 Å². The molecule has 0 saturated heterocycles. The minimum Gasteiger partial charge on any atom is -0.378 e. The number of nitro benzene ring substituents is 1. The SMILES string of the molecule is CC(Nc1ccc([N+](=O)[O-])c(Br)c1)c1sccc1Br. The summed E-state index contributed by atoms with van der Waals surface area (Å²) in [6.07, 6.45) is 0. The molecule has 0 saturated carbocycles. The summed E-state index contributed by atoms with van der Waals surface area (Å²) in [5.74, 6) is 0. The van der Waals surface area contributed by atoms with Crippen LogP contribution in [0.15, 0.2) is 38.6 Å². The second-order valence-corrected chi connectivity index (χ2v) is 6.58. The summed E-state index contributed by atoms with van der Waals surface area (Å²) in [6, 6.07) is 7.05. The first-order valence-corrected chi connectivity index (χ1v) is 7.89. The van der Waals surface area contributed by atoms with Crippen LogP contribution >= 0.6 is 43.2 Å². The first-order chi connectivity index (χ1) is 8.99. The third kappa shape index (κ3) is 3.34. The van der Waals surface area contributed by atoms with Crippen LogP contribution in [0.5, 0.6) is 0 Å². The highest BCUT2D eigenvalue weighted by atomic mass is 79.9. The predicted molar refractivity (Wildman–Crippen MR) is 84.9 cm³/mol. The third-order valence-corrected chi connectivity index (χ3v) is 5.25. The van der Waals surface area contributed by atoms with Crippen molar-refractivity contribution in [1.82, 2.24) is 0 Å². The van der Waals surface area contributed by atoms with Crippen LogP contribution in [0.3, 0.4) is 0 Å². The fourth-order valence-electron chi connectivity index (χ4n) is 1.67. The molecule has 0 aliphatic carbocycles. The number of benzene rings is 1. The van der Waals surface area contributed by atoms with Gasteiger partial charge in [-0.25, -0.2) is 0 Å². The van der Waals surface area contributed by atoms with Crippen molar-refractivity contribution in [3.05, 3.63) is 53.6 Å². The molecule has 1 N–H and O–H groups in total. The summed E-state index contributed by atoms with van der Waals surface area (Å²) < 4.78 is 1.54. The monoisotopic (exact) mass is 404 g/mol. The second-order valence-electron chi connectivity index (χ2n) is 3.92. The molecule has 1 aromatic carbocycles. The average Bonchev–Trinajstić information content (AvgIpc) is 2.75. The van der Waals surface area contributed by atoms with E-state index in [1.807, 2.05) is 18.4 Å². The lowest BCUT2D eigenvalue weighted by atomic mass is 10.2. The van der Waals surface area contributed by atoms with Crippen LogP contribution in [-0.2, 0) is 0 Å². The van der Waals surface area contributed by atoms with E-state index in [9.17, 15) is 10.1 Å². The van der Waals surface area contributed by atoms with Crippen molar-refractivity contribution >= 4 is 54.6 Å². The van der Waals surface area contributed by atoms with E-state index in [0.717, 1.165) is 10.2 Å². The molecule has 1 aromatic heterocycles. The van der Waals surface area contributed by atoms with Gasteiger partial charge in [-0.2, -0.15) is 0 Å². The Morgan fingerprint density at radius 2 is 2.05 bits per heavy atom. The Balaban J connectivity index is 2.18. The lowest BCUT2D eigenvalue weighted by Gasteiger charge is -2.14. The molecule has 0 aliphatic heterocycles. The zero-order valence-corrected chi connectivity index (χ0v) is 13.9. The van der Waals surface area contributed by atoms with E-state index in [4.69, 9.17) is 0 Å². The number of nitro groups is 1. The van der Waals surface area contributed by atoms with Gasteiger partial charge in [0.25, 0.3) is 5.69 Å². The van der Waals surface area contributed by atoms with Crippen LogP contribution in [0.2, 0.25) is 0 Å². The Bertz CT molecular complexity index is 616. The van der Waals surface area contributed by atoms with E-state index >= 15 is 0 Å². The quantitative estimate of drug-likeness (QED) is 0.550. The first-order valence-electron chi connectivity index (χ1n) is 5.42. The molecule has 4 nitrogen and oxygen atoms in total. The summed E-state index contributed by atoms with van der Waals surface area (Å²) in [5.41, 5.74) is 0.904. The molecule has 0 amide bonds. The number of nitrogens with zero attached hydrogens (tertiary/aromatic N) is 1. The summed E-state index contributed by atoms with van der Waals surface area (Å²) in [7, 11) is 0. The molecule has 1 unspecified atom stereocenters. The smallest absolute Gasteiger partial charge is 0.283 e. The maximum absolute atomic E-state index is 10.7. The molecular weight excluding hydrogens is 396 g/mol. The van der Waals surface area contributed by atoms with Crippen LogP contribution in [0.4, 0.5) is 11.4 Å². The molecule has 0 spiro atoms. The molecule has 19 heavy (non-hydrogen) atoms. The van der Waals surface area contributed by atoms with Gasteiger partial charge in [0, 0.05) is 21.1 Å². The predicted octanol–water partition coefficient (Wildman–Crippen LogP) is 5.35. The molecule has 0 radical (unpaired) electrons. The first kappa shape index (κ1) is 14.5. The Hall–Kier alpha value is -0.920. The van der Waals surface area contributed by atoms with Crippen molar-refractivity contribution < 1.29 is 4.92 Å². The minimum absolute atomic E-state index is 0.0653. The van der Waals surface area contributed by atoms with Crippen LogP contribution in [0.25, 0.3) is 0 Å². The largest absolute Gasteiger partial charge is 0.378 e. The number of anilines is 1. The highest BCUT2D eigenvalue weighted by Gasteiger charge is 2.14. The van der Waals surface area contributed by atoms with E-state index in [2.05, 4.69) is 37.2 Å². The van der Waals surface area contributed by atoms with Crippen LogP contribution < -0.4 is 5.32 Å². The van der Waals surface area contributed by atoms with Crippen molar-refractivity contribution in [3.63, 3.8) is 0 Å². The average molecular weight is 406 g/mol. The molecule has 1 heterocycles. The number of hydrogen-bond acceptors (Lipinski definition) is 4. The fraction of sp³-hybridized carbons (Fsp3) is 0.167. The van der Waals surface area contributed by atoms with Gasteiger partial charge in [0.15, 0.2) is 0 Å². The van der Waals surface area contributed by atoms with Crippen molar-refractivity contribution in [2.24, 2.45) is 0 Å². The summed E-state index contributed by atoms with van der Waals surface area (Å²) in [4.78, 5) is 11.5. The Kier molecular flexibility index (Phi) is 4.59. The molecule has 0 bridgehead atoms. The van der Waals surface area contributed by atoms with Crippen molar-refractivity contribution in [2.45, 2.75) is 13.0 Å². The van der Waals surface area contributed by atoms with Gasteiger partial charge in [-0.05, 0) is 62.4 Å². The van der Waals surface area contributed by atoms with Gasteiger partial charge >= 0.3 is 0 Å². The van der Waals surface area contributed by atoms with Gasteiger partial charge in [0.2, 0.25) is 0 Å². The molecule has 2 aromatic rings. The van der Waals surface area contributed by atoms with Gasteiger partial charge < -0.3 is 5.32 Å². The molecule has 7 heteroatoms. The van der Waals surface area contributed by atoms with E-state index in [1.165, 1.54) is 10.9 Å². The maximum Gasteiger partial charge on any atom is 0.283 e. The van der Waals surface area contributed by atoms with Crippen LogP contribution in [0, 0.1) is 10.1 Å². The summed E-state index contributed by atoms with van der Waals surface area (Å²) in [6.45, 7) is 2.05. The lowest BCUT2D eigenvalue weighted by molar-refractivity contribution is -0.385. The number of rotatable bonds is 4. The van der Waals surface area contributed by atoms with E-state index in [0.29, 0.717) is 4.47 Å². The number of halogens is 2. The highest BCUT2D eigenvalue weighted by molar-refractivity contribution is 9.11. The van der Waals surface area contributed by atoms with Gasteiger partial charge in [-0.15, -0.1) is 11.3 Å². The maximum atomic E-state index is 10.7. The Morgan fingerprint density at radius 3 is 2.58 bits per heavy atom. The second kappa shape index (κ2) is 6.02. The lowest BCUT2D eigenvalue weighted by Crippen LogP contribution is -2.05. The molecule has 100 valence electrons. The topological polar surface area (TPSA) is 55.2 Å². The van der Waals surface area contributed by atoms with Gasteiger partial charge in [0.1, 0.15) is 0 Å². The normalized spacial score (nSPS) is 12.2. The third-order valence-electron chi connectivity index (χ3n) is 2.57. The number of thiophene rings is 1. The van der Waals surface area contributed by atoms with E-state index in [1.54, 1.807) is 23.5 Å². The zero-order chi connectivity index (χ0) is 14.0. The molecule has 1 atom stereocenters. The summed E-state index contributed by atoms with van der Waals surface area (Å²) >= 11 is 8.37. The van der Waals surface area contributed by atoms with Crippen molar-refractivity contribution in [2.75, 3.05) is 5.32 Å². The fourth-order valence-corrected chi connectivity index (χ4v) is 3.92. The number of nitrogens with one attached hydrogen (secondary N) is 1. The van der Waals surface area contributed by atoms with Crippen molar-refractivity contribution in [1.29, 1.82) is 0 Å². The van der Waals surface area contributed by atoms with Gasteiger partial charge in [-0.3, -0.25) is 10.1 Å². The van der Waals surface area contributed by atoms with E-state index in [-0.39, 0.29) is 11.7 Å². The van der Waals surface area contributed by atoms with Crippen LogP contribution in [0.1, 0.15) is 17.8 Å². The highest BCUT2D eigenvalue weighted by Crippen LogP contribution is 2.33. The molecule has 0 fully saturated rings. The Morgan fingerprint density at radius 1 is 1.32 bits per heavy atom.